The highest BCUT2D eigenvalue weighted by Crippen LogP contribution is 2.24. The van der Waals surface area contributed by atoms with Gasteiger partial charge in [0.2, 0.25) is 0 Å². The van der Waals surface area contributed by atoms with Crippen molar-refractivity contribution >= 4 is 23.1 Å². The molecule has 0 radical (unpaired) electrons. The van der Waals surface area contributed by atoms with Gasteiger partial charge in [0, 0.05) is 5.39 Å². The molecule has 3 nitrogen and oxygen atoms in total. The Balaban J connectivity index is 1.57. The first-order chi connectivity index (χ1) is 12.8. The summed E-state index contributed by atoms with van der Waals surface area (Å²) < 4.78 is 5.86. The molecule has 0 saturated heterocycles. The summed E-state index contributed by atoms with van der Waals surface area (Å²) in [5.41, 5.74) is 2.40. The molecule has 126 valence electrons. The Morgan fingerprint density at radius 3 is 2.42 bits per heavy atom. The van der Waals surface area contributed by atoms with E-state index in [2.05, 4.69) is 4.98 Å². The molecule has 0 aliphatic rings. The molecular formula is C23H17NO2. The molecule has 4 rings (SSSR count). The summed E-state index contributed by atoms with van der Waals surface area (Å²) in [6.07, 6.45) is 3.90. The van der Waals surface area contributed by atoms with Gasteiger partial charge in [0.15, 0.2) is 0 Å². The largest absolute Gasteiger partial charge is 0.506 e. The van der Waals surface area contributed by atoms with Crippen LogP contribution in [0.4, 0.5) is 0 Å². The molecule has 0 amide bonds. The maximum absolute atomic E-state index is 9.95. The summed E-state index contributed by atoms with van der Waals surface area (Å²) in [6.45, 7) is 0. The summed E-state index contributed by atoms with van der Waals surface area (Å²) in [5.74, 6) is 1.78. The molecule has 0 atom stereocenters. The lowest BCUT2D eigenvalue weighted by Gasteiger charge is -2.06. The Kier molecular flexibility index (Phi) is 4.35. The molecule has 0 spiro atoms. The predicted molar refractivity (Wildman–Crippen MR) is 105 cm³/mol. The molecular weight excluding hydrogens is 322 g/mol. The SMILES string of the molecule is Oc1cccc2ccc(C=Cc3cccc(Oc4ccccc4)c3)nc12. The van der Waals surface area contributed by atoms with Crippen molar-refractivity contribution in [2.75, 3.05) is 0 Å². The third-order valence-corrected chi connectivity index (χ3v) is 4.00. The van der Waals surface area contributed by atoms with Crippen molar-refractivity contribution in [2.45, 2.75) is 0 Å². The van der Waals surface area contributed by atoms with Gasteiger partial charge in [0.1, 0.15) is 22.8 Å². The number of rotatable bonds is 4. The second-order valence-corrected chi connectivity index (χ2v) is 5.91. The molecule has 0 fully saturated rings. The van der Waals surface area contributed by atoms with Crippen LogP contribution >= 0.6 is 0 Å². The van der Waals surface area contributed by atoms with Crippen molar-refractivity contribution in [3.8, 4) is 17.2 Å². The monoisotopic (exact) mass is 339 g/mol. The molecule has 1 N–H and O–H groups in total. The number of phenols is 1. The average Bonchev–Trinajstić information content (AvgIpc) is 2.68. The van der Waals surface area contributed by atoms with E-state index in [0.29, 0.717) is 5.52 Å². The normalized spacial score (nSPS) is 11.1. The minimum Gasteiger partial charge on any atom is -0.506 e. The number of nitrogens with zero attached hydrogens (tertiary/aromatic N) is 1. The lowest BCUT2D eigenvalue weighted by molar-refractivity contribution is 0.480. The zero-order valence-corrected chi connectivity index (χ0v) is 14.0. The third kappa shape index (κ3) is 3.57. The fourth-order valence-corrected chi connectivity index (χ4v) is 2.73. The number of fused-ring (bicyclic) bond motifs is 1. The van der Waals surface area contributed by atoms with Crippen LogP contribution < -0.4 is 4.74 Å². The number of para-hydroxylation sites is 2. The van der Waals surface area contributed by atoms with Crippen LogP contribution in [0.3, 0.4) is 0 Å². The van der Waals surface area contributed by atoms with Crippen LogP contribution in [0.25, 0.3) is 23.1 Å². The van der Waals surface area contributed by atoms with E-state index in [0.717, 1.165) is 28.1 Å². The van der Waals surface area contributed by atoms with E-state index in [4.69, 9.17) is 4.74 Å². The smallest absolute Gasteiger partial charge is 0.141 e. The summed E-state index contributed by atoms with van der Waals surface area (Å²) in [7, 11) is 0. The van der Waals surface area contributed by atoms with Crippen LogP contribution in [0.5, 0.6) is 17.2 Å². The molecule has 1 aromatic heterocycles. The van der Waals surface area contributed by atoms with E-state index in [1.165, 1.54) is 0 Å². The van der Waals surface area contributed by atoms with Crippen molar-refractivity contribution in [3.05, 3.63) is 96.2 Å². The zero-order chi connectivity index (χ0) is 17.8. The van der Waals surface area contributed by atoms with Crippen LogP contribution in [0.1, 0.15) is 11.3 Å². The Bertz CT molecular complexity index is 1070. The Hall–Kier alpha value is -3.59. The standard InChI is InChI=1S/C23H17NO2/c25-22-11-5-7-18-13-15-19(24-23(18)22)14-12-17-6-4-10-21(16-17)26-20-8-2-1-3-9-20/h1-16,25H. The van der Waals surface area contributed by atoms with Gasteiger partial charge in [-0.05, 0) is 48.0 Å². The average molecular weight is 339 g/mol. The second-order valence-electron chi connectivity index (χ2n) is 5.91. The van der Waals surface area contributed by atoms with Gasteiger partial charge in [0.05, 0.1) is 5.69 Å². The van der Waals surface area contributed by atoms with Crippen LogP contribution in [-0.2, 0) is 0 Å². The van der Waals surface area contributed by atoms with Gasteiger partial charge in [-0.3, -0.25) is 0 Å². The number of aromatic hydroxyl groups is 1. The fraction of sp³-hybridized carbons (Fsp3) is 0. The van der Waals surface area contributed by atoms with Gasteiger partial charge in [0.25, 0.3) is 0 Å². The van der Waals surface area contributed by atoms with Crippen LogP contribution in [-0.4, -0.2) is 10.1 Å². The Morgan fingerprint density at radius 2 is 1.54 bits per heavy atom. The number of hydrogen-bond donors (Lipinski definition) is 1. The number of pyridine rings is 1. The van der Waals surface area contributed by atoms with Crippen LogP contribution in [0.15, 0.2) is 84.9 Å². The highest BCUT2D eigenvalue weighted by molar-refractivity contribution is 5.85. The number of ether oxygens (including phenoxy) is 1. The van der Waals surface area contributed by atoms with E-state index in [9.17, 15) is 5.11 Å². The summed E-state index contributed by atoms with van der Waals surface area (Å²) in [5, 5.41) is 10.9. The topological polar surface area (TPSA) is 42.4 Å². The molecule has 0 aliphatic carbocycles. The maximum Gasteiger partial charge on any atom is 0.141 e. The second kappa shape index (κ2) is 7.11. The van der Waals surface area contributed by atoms with E-state index in [1.54, 1.807) is 6.07 Å². The van der Waals surface area contributed by atoms with Gasteiger partial charge < -0.3 is 9.84 Å². The molecule has 3 heteroatoms. The number of hydrogen-bond acceptors (Lipinski definition) is 3. The van der Waals surface area contributed by atoms with Gasteiger partial charge >= 0.3 is 0 Å². The molecule has 1 heterocycles. The summed E-state index contributed by atoms with van der Waals surface area (Å²) in [6, 6.07) is 26.8. The predicted octanol–water partition coefficient (Wildman–Crippen LogP) is 5.90. The fourth-order valence-electron chi connectivity index (χ4n) is 2.73. The first-order valence-corrected chi connectivity index (χ1v) is 8.38. The van der Waals surface area contributed by atoms with Crippen molar-refractivity contribution in [1.82, 2.24) is 4.98 Å². The summed E-state index contributed by atoms with van der Waals surface area (Å²) >= 11 is 0. The van der Waals surface area contributed by atoms with Crippen LogP contribution in [0, 0.1) is 0 Å². The zero-order valence-electron chi connectivity index (χ0n) is 14.0. The van der Waals surface area contributed by atoms with Crippen molar-refractivity contribution in [2.24, 2.45) is 0 Å². The van der Waals surface area contributed by atoms with Crippen molar-refractivity contribution in [1.29, 1.82) is 0 Å². The van der Waals surface area contributed by atoms with Crippen LogP contribution in [0.2, 0.25) is 0 Å². The number of aromatic nitrogens is 1. The minimum atomic E-state index is 0.191. The molecule has 0 bridgehead atoms. The van der Waals surface area contributed by atoms with Gasteiger partial charge in [-0.25, -0.2) is 4.98 Å². The first kappa shape index (κ1) is 15.9. The molecule has 26 heavy (non-hydrogen) atoms. The number of benzene rings is 3. The molecule has 3 aromatic carbocycles. The van der Waals surface area contributed by atoms with Gasteiger partial charge in [-0.1, -0.05) is 54.6 Å². The summed E-state index contributed by atoms with van der Waals surface area (Å²) in [4.78, 5) is 4.51. The molecule has 4 aromatic rings. The van der Waals surface area contributed by atoms with E-state index < -0.39 is 0 Å². The van der Waals surface area contributed by atoms with Gasteiger partial charge in [-0.2, -0.15) is 0 Å². The van der Waals surface area contributed by atoms with Gasteiger partial charge in [-0.15, -0.1) is 0 Å². The number of phenolic OH excluding ortho intramolecular Hbond substituents is 1. The quantitative estimate of drug-likeness (QED) is 0.503. The van der Waals surface area contributed by atoms with Crippen molar-refractivity contribution in [3.63, 3.8) is 0 Å². The van der Waals surface area contributed by atoms with E-state index in [-0.39, 0.29) is 5.75 Å². The molecule has 0 aliphatic heterocycles. The highest BCUT2D eigenvalue weighted by atomic mass is 16.5. The Morgan fingerprint density at radius 1 is 0.731 bits per heavy atom. The first-order valence-electron chi connectivity index (χ1n) is 8.38. The molecule has 0 unspecified atom stereocenters. The lowest BCUT2D eigenvalue weighted by atomic mass is 10.1. The highest BCUT2D eigenvalue weighted by Gasteiger charge is 2.01. The maximum atomic E-state index is 9.95. The van der Waals surface area contributed by atoms with E-state index in [1.807, 2.05) is 91.0 Å². The minimum absolute atomic E-state index is 0.191. The lowest BCUT2D eigenvalue weighted by Crippen LogP contribution is -1.85. The third-order valence-electron chi connectivity index (χ3n) is 4.00. The van der Waals surface area contributed by atoms with Crippen molar-refractivity contribution < 1.29 is 9.84 Å². The van der Waals surface area contributed by atoms with E-state index >= 15 is 0 Å². The Labute approximate surface area is 151 Å². The molecule has 0 saturated carbocycles.